The van der Waals surface area contributed by atoms with Gasteiger partial charge < -0.3 is 63.3 Å². The van der Waals surface area contributed by atoms with E-state index < -0.39 is 58.5 Å². The fourth-order valence-electron chi connectivity index (χ4n) is 7.01. The van der Waals surface area contributed by atoms with E-state index in [1.54, 1.807) is 36.4 Å². The lowest BCUT2D eigenvalue weighted by atomic mass is 9.85. The second kappa shape index (κ2) is 26.4. The third kappa shape index (κ3) is 17.2. The van der Waals surface area contributed by atoms with Gasteiger partial charge in [-0.05, 0) is 90.6 Å². The number of anilines is 3. The third-order valence-electron chi connectivity index (χ3n) is 11.5. The normalized spacial score (nSPS) is 13.2. The van der Waals surface area contributed by atoms with Gasteiger partial charge in [-0.1, -0.05) is 127 Å². The van der Waals surface area contributed by atoms with E-state index in [1.165, 1.54) is 20.8 Å². The molecule has 0 unspecified atom stereocenters. The lowest BCUT2D eigenvalue weighted by molar-refractivity contribution is -0.121. The van der Waals surface area contributed by atoms with Crippen LogP contribution in [0.5, 0.6) is 0 Å². The smallest absolute Gasteiger partial charge is 0.407 e. The van der Waals surface area contributed by atoms with Gasteiger partial charge >= 0.3 is 18.3 Å². The molecule has 0 saturated heterocycles. The van der Waals surface area contributed by atoms with Crippen LogP contribution in [0.25, 0.3) is 0 Å². The Labute approximate surface area is 435 Å². The first-order valence-electron chi connectivity index (χ1n) is 23.3. The molecule has 19 heteroatoms. The Morgan fingerprint density at radius 1 is 0.392 bits per heavy atom. The van der Waals surface area contributed by atoms with Crippen LogP contribution in [-0.2, 0) is 48.4 Å². The van der Waals surface area contributed by atoms with Crippen molar-refractivity contribution >= 4 is 65.5 Å². The summed E-state index contributed by atoms with van der Waals surface area (Å²) in [5.41, 5.74) is 20.7. The van der Waals surface area contributed by atoms with E-state index >= 15 is 0 Å². The Balaban J connectivity index is 0.0000101. The molecule has 0 bridgehead atoms. The van der Waals surface area contributed by atoms with E-state index in [-0.39, 0.29) is 51.9 Å². The summed E-state index contributed by atoms with van der Waals surface area (Å²) in [7, 11) is 0. The zero-order chi connectivity index (χ0) is 52.4. The van der Waals surface area contributed by atoms with E-state index in [0.717, 1.165) is 33.4 Å². The largest absolute Gasteiger partial charge is 0.445 e. The molecule has 18 nitrogen and oxygen atoms in total. The van der Waals surface area contributed by atoms with Crippen LogP contribution < -0.4 is 49.1 Å². The number of alkyl carbamates (subject to hydrolysis) is 3. The molecule has 6 amide bonds. The van der Waals surface area contributed by atoms with Gasteiger partial charge in [0.25, 0.3) is 0 Å². The summed E-state index contributed by atoms with van der Waals surface area (Å²) in [6, 6.07) is 48.9. The van der Waals surface area contributed by atoms with Gasteiger partial charge in [0.05, 0.1) is 0 Å². The van der Waals surface area contributed by atoms with Gasteiger partial charge in [0.1, 0.15) is 36.4 Å². The molecule has 0 aliphatic carbocycles. The highest BCUT2D eigenvalue weighted by atomic mass is 35.5. The molecule has 12 N–H and O–H groups in total. The lowest BCUT2D eigenvalue weighted by Crippen LogP contribution is -2.56. The summed E-state index contributed by atoms with van der Waals surface area (Å²) in [6.45, 7) is 4.05. The molecular formula is C55H62ClN9O9. The van der Waals surface area contributed by atoms with E-state index in [0.29, 0.717) is 17.1 Å². The molecular weight excluding hydrogens is 966 g/mol. The SMILES string of the molecule is C[C@@](N)(CNC(=O)OCc1ccccc1)C(=O)Nc1ccc(C(c2ccc(NC(=O)[C@](C)(N)CNC(=O)OCc3ccccc3)cc2)c2ccc(NC(=O)[C@](C)(N)CNC(=O)OCc3ccccc3)cc2)cc1.Cl. The van der Waals surface area contributed by atoms with E-state index in [4.69, 9.17) is 31.4 Å². The number of benzene rings is 6. The molecule has 0 heterocycles. The number of rotatable bonds is 21. The van der Waals surface area contributed by atoms with Gasteiger partial charge in [-0.2, -0.15) is 0 Å². The number of nitrogens with two attached hydrogens (primary N) is 3. The molecule has 0 radical (unpaired) electrons. The topological polar surface area (TPSA) is 280 Å². The Morgan fingerprint density at radius 3 is 0.851 bits per heavy atom. The van der Waals surface area contributed by atoms with Crippen molar-refractivity contribution in [1.82, 2.24) is 16.0 Å². The fourth-order valence-corrected chi connectivity index (χ4v) is 7.01. The minimum Gasteiger partial charge on any atom is -0.445 e. The highest BCUT2D eigenvalue weighted by Crippen LogP contribution is 2.34. The summed E-state index contributed by atoms with van der Waals surface area (Å²) in [5, 5.41) is 16.1. The standard InChI is InChI=1S/C55H61N9O9.ClH/c1-53(56,34-59-50(68)71-31-37-13-7-4-8-14-37)47(65)62-43-25-19-40(20-26-43)46(41-21-27-44(28-22-41)63-48(66)54(2,57)35-60-51(69)72-32-38-15-9-5-10-16-38)42-23-29-45(30-24-42)64-49(67)55(3,58)36-61-52(70)73-33-39-17-11-6-12-18-39;/h4-30,46H,31-36,56-58H2,1-3H3,(H,59,68)(H,60,69)(H,61,70)(H,62,65)(H,63,66)(H,64,67);1H/t53-,54-,55-;/m1./s1. The van der Waals surface area contributed by atoms with Gasteiger partial charge in [-0.25, -0.2) is 14.4 Å². The highest BCUT2D eigenvalue weighted by molar-refractivity contribution is 5.99. The number of nitrogens with one attached hydrogen (secondary N) is 6. The molecule has 0 aromatic heterocycles. The Hall–Kier alpha value is -8.29. The third-order valence-corrected chi connectivity index (χ3v) is 11.5. The first-order valence-corrected chi connectivity index (χ1v) is 23.3. The molecule has 388 valence electrons. The number of carbonyl (C=O) groups is 6. The number of halogens is 1. The molecule has 0 fully saturated rings. The summed E-state index contributed by atoms with van der Waals surface area (Å²) in [6.07, 6.45) is -2.16. The van der Waals surface area contributed by atoms with Gasteiger partial charge in [0.2, 0.25) is 17.7 Å². The summed E-state index contributed by atoms with van der Waals surface area (Å²) < 4.78 is 15.8. The van der Waals surface area contributed by atoms with Crippen LogP contribution in [-0.4, -0.2) is 72.3 Å². The Morgan fingerprint density at radius 2 is 0.622 bits per heavy atom. The van der Waals surface area contributed by atoms with Crippen LogP contribution >= 0.6 is 12.4 Å². The van der Waals surface area contributed by atoms with Crippen molar-refractivity contribution in [3.8, 4) is 0 Å². The number of hydrogen-bond acceptors (Lipinski definition) is 12. The summed E-state index contributed by atoms with van der Waals surface area (Å²) in [4.78, 5) is 77.2. The minimum atomic E-state index is -1.50. The predicted octanol–water partition coefficient (Wildman–Crippen LogP) is 7.04. The molecule has 0 aliphatic heterocycles. The van der Waals surface area contributed by atoms with E-state index in [9.17, 15) is 28.8 Å². The molecule has 0 spiro atoms. The molecule has 0 saturated carbocycles. The number of ether oxygens (including phenoxy) is 3. The minimum absolute atomic E-state index is 0. The maximum absolute atomic E-state index is 13.4. The Bertz CT molecular complexity index is 2500. The van der Waals surface area contributed by atoms with Gasteiger partial charge in [0, 0.05) is 42.6 Å². The van der Waals surface area contributed by atoms with Crippen molar-refractivity contribution in [2.45, 2.75) is 63.1 Å². The van der Waals surface area contributed by atoms with Crippen LogP contribution in [0.3, 0.4) is 0 Å². The second-order valence-electron chi connectivity index (χ2n) is 18.2. The van der Waals surface area contributed by atoms with Crippen molar-refractivity contribution in [3.05, 3.63) is 197 Å². The van der Waals surface area contributed by atoms with E-state index in [2.05, 4.69) is 31.9 Å². The van der Waals surface area contributed by atoms with Crippen LogP contribution in [0.15, 0.2) is 164 Å². The van der Waals surface area contributed by atoms with Gasteiger partial charge in [-0.15, -0.1) is 12.4 Å². The number of carbonyl (C=O) groups excluding carboxylic acids is 6. The Kier molecular flexibility index (Phi) is 20.2. The quantitative estimate of drug-likeness (QED) is 0.0259. The van der Waals surface area contributed by atoms with Crippen molar-refractivity contribution in [3.63, 3.8) is 0 Å². The second-order valence-corrected chi connectivity index (χ2v) is 18.2. The lowest BCUT2D eigenvalue weighted by Gasteiger charge is -2.25. The maximum atomic E-state index is 13.4. The average molecular weight is 1030 g/mol. The van der Waals surface area contributed by atoms with Gasteiger partial charge in [-0.3, -0.25) is 14.4 Å². The molecule has 6 aromatic carbocycles. The zero-order valence-corrected chi connectivity index (χ0v) is 42.0. The van der Waals surface area contributed by atoms with Gasteiger partial charge in [0.15, 0.2) is 0 Å². The molecule has 74 heavy (non-hydrogen) atoms. The van der Waals surface area contributed by atoms with Crippen LogP contribution in [0.1, 0.15) is 60.1 Å². The zero-order valence-electron chi connectivity index (χ0n) is 41.2. The summed E-state index contributed by atoms with van der Waals surface area (Å²) in [5.74, 6) is -2.05. The van der Waals surface area contributed by atoms with Crippen LogP contribution in [0.4, 0.5) is 31.4 Å². The maximum Gasteiger partial charge on any atom is 0.407 e. The first-order chi connectivity index (χ1) is 34.9. The monoisotopic (exact) mass is 1030 g/mol. The molecule has 6 aromatic rings. The van der Waals surface area contributed by atoms with E-state index in [1.807, 2.05) is 127 Å². The van der Waals surface area contributed by atoms with Crippen LogP contribution in [0, 0.1) is 0 Å². The van der Waals surface area contributed by atoms with Crippen molar-refractivity contribution < 1.29 is 43.0 Å². The average Bonchev–Trinajstić information content (AvgIpc) is 3.39. The van der Waals surface area contributed by atoms with Crippen LogP contribution in [0.2, 0.25) is 0 Å². The number of amides is 6. The molecule has 0 aliphatic rings. The summed E-state index contributed by atoms with van der Waals surface area (Å²) >= 11 is 0. The predicted molar refractivity (Wildman–Crippen MR) is 285 cm³/mol. The highest BCUT2D eigenvalue weighted by Gasteiger charge is 2.32. The molecule has 6 rings (SSSR count). The first kappa shape index (κ1) is 56.6. The number of hydrogen-bond donors (Lipinski definition) is 9. The van der Waals surface area contributed by atoms with Crippen molar-refractivity contribution in [1.29, 1.82) is 0 Å². The van der Waals surface area contributed by atoms with Crippen molar-refractivity contribution in [2.24, 2.45) is 17.2 Å². The molecule has 3 atom stereocenters. The van der Waals surface area contributed by atoms with Crippen molar-refractivity contribution in [2.75, 3.05) is 35.6 Å². The fraction of sp³-hybridized carbons (Fsp3) is 0.236.